The summed E-state index contributed by atoms with van der Waals surface area (Å²) in [4.78, 5) is 8.94. The van der Waals surface area contributed by atoms with Crippen LogP contribution in [0.25, 0.3) is 0 Å². The van der Waals surface area contributed by atoms with E-state index in [1.54, 1.807) is 0 Å². The molecule has 0 bridgehead atoms. The molecule has 0 spiro atoms. The van der Waals surface area contributed by atoms with Gasteiger partial charge < -0.3 is 15.7 Å². The van der Waals surface area contributed by atoms with Gasteiger partial charge in [0.2, 0.25) is 0 Å². The Morgan fingerprint density at radius 1 is 1.30 bits per heavy atom. The molecule has 1 aliphatic carbocycles. The number of rotatable bonds is 6. The molecule has 1 aromatic heterocycles. The molecule has 0 aromatic carbocycles. The van der Waals surface area contributed by atoms with E-state index >= 15 is 0 Å². The lowest BCUT2D eigenvalue weighted by Crippen LogP contribution is -2.34. The predicted octanol–water partition coefficient (Wildman–Crippen LogP) is 2.59. The number of hydrogen-bond acceptors (Lipinski definition) is 6. The van der Waals surface area contributed by atoms with Crippen LogP contribution in [0.5, 0.6) is 0 Å². The molecule has 20 heavy (non-hydrogen) atoms. The fraction of sp³-hybridized carbons (Fsp3) is 0.714. The summed E-state index contributed by atoms with van der Waals surface area (Å²) in [6.45, 7) is 3.14. The predicted molar refractivity (Wildman–Crippen MR) is 84.4 cm³/mol. The lowest BCUT2D eigenvalue weighted by Gasteiger charge is -2.31. The van der Waals surface area contributed by atoms with Gasteiger partial charge >= 0.3 is 0 Å². The van der Waals surface area contributed by atoms with Gasteiger partial charge in [-0.05, 0) is 26.0 Å². The SMILES string of the molecule is CCNc1cc(NC2CCCCC2CO)nc(SC)n1. The zero-order valence-corrected chi connectivity index (χ0v) is 13.0. The lowest BCUT2D eigenvalue weighted by molar-refractivity contribution is 0.178. The minimum absolute atomic E-state index is 0.248. The van der Waals surface area contributed by atoms with Gasteiger partial charge in [0.1, 0.15) is 11.6 Å². The van der Waals surface area contributed by atoms with Gasteiger partial charge in [-0.25, -0.2) is 9.97 Å². The molecule has 3 N–H and O–H groups in total. The van der Waals surface area contributed by atoms with Gasteiger partial charge in [-0.3, -0.25) is 0 Å². The molecule has 0 aliphatic heterocycles. The highest BCUT2D eigenvalue weighted by molar-refractivity contribution is 7.98. The average Bonchev–Trinajstić information content (AvgIpc) is 2.48. The maximum absolute atomic E-state index is 9.49. The molecule has 1 aliphatic rings. The third-order valence-corrected chi connectivity index (χ3v) is 4.27. The molecule has 1 heterocycles. The molecule has 2 atom stereocenters. The van der Waals surface area contributed by atoms with Crippen molar-refractivity contribution >= 4 is 23.4 Å². The number of nitrogens with one attached hydrogen (secondary N) is 2. The number of anilines is 2. The van der Waals surface area contributed by atoms with Gasteiger partial charge in [0.05, 0.1) is 0 Å². The van der Waals surface area contributed by atoms with Gasteiger partial charge in [-0.1, -0.05) is 24.6 Å². The monoisotopic (exact) mass is 296 g/mol. The molecule has 1 saturated carbocycles. The zero-order valence-electron chi connectivity index (χ0n) is 12.2. The molecular weight excluding hydrogens is 272 g/mol. The van der Waals surface area contributed by atoms with E-state index in [1.165, 1.54) is 24.6 Å². The van der Waals surface area contributed by atoms with Crippen LogP contribution in [0.3, 0.4) is 0 Å². The fourth-order valence-corrected chi connectivity index (χ4v) is 3.05. The minimum Gasteiger partial charge on any atom is -0.396 e. The van der Waals surface area contributed by atoms with Crippen LogP contribution in [-0.4, -0.2) is 40.5 Å². The highest BCUT2D eigenvalue weighted by Crippen LogP contribution is 2.27. The van der Waals surface area contributed by atoms with E-state index in [1.807, 2.05) is 12.3 Å². The normalized spacial score (nSPS) is 22.6. The average molecular weight is 296 g/mol. The van der Waals surface area contributed by atoms with Crippen molar-refractivity contribution in [2.75, 3.05) is 30.0 Å². The zero-order chi connectivity index (χ0) is 14.4. The van der Waals surface area contributed by atoms with Gasteiger partial charge in [0, 0.05) is 31.2 Å². The highest BCUT2D eigenvalue weighted by atomic mass is 32.2. The first kappa shape index (κ1) is 15.4. The van der Waals surface area contributed by atoms with Gasteiger partial charge in [-0.2, -0.15) is 0 Å². The summed E-state index contributed by atoms with van der Waals surface area (Å²) in [5.74, 6) is 2.04. The van der Waals surface area contributed by atoms with Crippen LogP contribution < -0.4 is 10.6 Å². The number of aliphatic hydroxyl groups is 1. The molecule has 0 radical (unpaired) electrons. The quantitative estimate of drug-likeness (QED) is 0.554. The molecule has 0 saturated heterocycles. The number of thioether (sulfide) groups is 1. The van der Waals surface area contributed by atoms with Crippen molar-refractivity contribution in [3.63, 3.8) is 0 Å². The number of hydrogen-bond donors (Lipinski definition) is 3. The van der Waals surface area contributed by atoms with E-state index in [2.05, 4.69) is 27.5 Å². The third kappa shape index (κ3) is 3.99. The van der Waals surface area contributed by atoms with Crippen molar-refractivity contribution in [3.05, 3.63) is 6.07 Å². The molecule has 0 amide bonds. The van der Waals surface area contributed by atoms with E-state index in [0.717, 1.165) is 36.2 Å². The van der Waals surface area contributed by atoms with Crippen molar-refractivity contribution in [1.82, 2.24) is 9.97 Å². The van der Waals surface area contributed by atoms with Gasteiger partial charge in [-0.15, -0.1) is 0 Å². The number of aromatic nitrogens is 2. The van der Waals surface area contributed by atoms with Crippen LogP contribution in [0.15, 0.2) is 11.2 Å². The van der Waals surface area contributed by atoms with Gasteiger partial charge in [0.25, 0.3) is 0 Å². The Morgan fingerprint density at radius 3 is 2.75 bits per heavy atom. The summed E-state index contributed by atoms with van der Waals surface area (Å²) >= 11 is 1.54. The van der Waals surface area contributed by atoms with Crippen molar-refractivity contribution < 1.29 is 5.11 Å². The van der Waals surface area contributed by atoms with E-state index in [-0.39, 0.29) is 6.61 Å². The lowest BCUT2D eigenvalue weighted by atomic mass is 9.85. The summed E-state index contributed by atoms with van der Waals surface area (Å²) < 4.78 is 0. The fourth-order valence-electron chi connectivity index (χ4n) is 2.67. The van der Waals surface area contributed by atoms with Gasteiger partial charge in [0.15, 0.2) is 5.16 Å². The van der Waals surface area contributed by atoms with Crippen LogP contribution in [0, 0.1) is 5.92 Å². The van der Waals surface area contributed by atoms with E-state index in [0.29, 0.717) is 12.0 Å². The highest BCUT2D eigenvalue weighted by Gasteiger charge is 2.24. The Balaban J connectivity index is 2.12. The van der Waals surface area contributed by atoms with Crippen molar-refractivity contribution in [2.24, 2.45) is 5.92 Å². The maximum atomic E-state index is 9.49. The molecule has 5 nitrogen and oxygen atoms in total. The number of aliphatic hydroxyl groups excluding tert-OH is 1. The molecule has 112 valence electrons. The van der Waals surface area contributed by atoms with Crippen molar-refractivity contribution in [1.29, 1.82) is 0 Å². The molecule has 2 rings (SSSR count). The second-order valence-corrected chi connectivity index (χ2v) is 5.91. The van der Waals surface area contributed by atoms with Crippen LogP contribution in [0.4, 0.5) is 11.6 Å². The van der Waals surface area contributed by atoms with Crippen LogP contribution in [0.1, 0.15) is 32.6 Å². The Morgan fingerprint density at radius 2 is 2.05 bits per heavy atom. The largest absolute Gasteiger partial charge is 0.396 e. The Kier molecular flexibility index (Phi) is 5.91. The summed E-state index contributed by atoms with van der Waals surface area (Å²) in [5, 5.41) is 17.0. The molecule has 1 aromatic rings. The smallest absolute Gasteiger partial charge is 0.191 e. The Labute approximate surface area is 125 Å². The standard InChI is InChI=1S/C14H24N4OS/c1-3-15-12-8-13(18-14(17-12)20-2)16-11-7-5-4-6-10(11)9-19/h8,10-11,19H,3-7,9H2,1-2H3,(H2,15,16,17,18). The van der Waals surface area contributed by atoms with Crippen LogP contribution >= 0.6 is 11.8 Å². The molecule has 6 heteroatoms. The minimum atomic E-state index is 0.248. The van der Waals surface area contributed by atoms with E-state index in [4.69, 9.17) is 0 Å². The summed E-state index contributed by atoms with van der Waals surface area (Å²) in [6.07, 6.45) is 6.60. The maximum Gasteiger partial charge on any atom is 0.191 e. The van der Waals surface area contributed by atoms with E-state index in [9.17, 15) is 5.11 Å². The first-order chi connectivity index (χ1) is 9.76. The second-order valence-electron chi connectivity index (χ2n) is 5.13. The Hall–Kier alpha value is -1.01. The first-order valence-electron chi connectivity index (χ1n) is 7.31. The summed E-state index contributed by atoms with van der Waals surface area (Å²) in [6, 6.07) is 2.26. The molecule has 1 fully saturated rings. The molecular formula is C14H24N4OS. The van der Waals surface area contributed by atoms with E-state index < -0.39 is 0 Å². The van der Waals surface area contributed by atoms with Crippen molar-refractivity contribution in [3.8, 4) is 0 Å². The van der Waals surface area contributed by atoms with Crippen LogP contribution in [0.2, 0.25) is 0 Å². The number of nitrogens with zero attached hydrogens (tertiary/aromatic N) is 2. The third-order valence-electron chi connectivity index (χ3n) is 3.72. The second kappa shape index (κ2) is 7.69. The topological polar surface area (TPSA) is 70.1 Å². The van der Waals surface area contributed by atoms with Crippen molar-refractivity contribution in [2.45, 2.75) is 43.8 Å². The summed E-state index contributed by atoms with van der Waals surface area (Å²) in [7, 11) is 0. The first-order valence-corrected chi connectivity index (χ1v) is 8.53. The summed E-state index contributed by atoms with van der Waals surface area (Å²) in [5.41, 5.74) is 0. The van der Waals surface area contributed by atoms with Crippen LogP contribution in [-0.2, 0) is 0 Å². The Bertz CT molecular complexity index is 430. The molecule has 2 unspecified atom stereocenters.